The molecule has 0 aliphatic carbocycles. The smallest absolute Gasteiger partial charge is 0.262 e. The van der Waals surface area contributed by atoms with Crippen LogP contribution in [0.2, 0.25) is 0 Å². The molecule has 120 valence electrons. The lowest BCUT2D eigenvalue weighted by Crippen LogP contribution is -2.25. The van der Waals surface area contributed by atoms with Crippen molar-refractivity contribution in [1.82, 2.24) is 19.6 Å². The van der Waals surface area contributed by atoms with Crippen molar-refractivity contribution in [1.29, 1.82) is 0 Å². The SMILES string of the molecule is O=C1COc2ccc(C(=O)CSc3nc4ncccn4n3)cc2N1. The van der Waals surface area contributed by atoms with E-state index in [0.29, 0.717) is 27.9 Å². The quantitative estimate of drug-likeness (QED) is 0.566. The van der Waals surface area contributed by atoms with Crippen molar-refractivity contribution in [2.75, 3.05) is 17.7 Å². The number of anilines is 1. The maximum Gasteiger partial charge on any atom is 0.262 e. The summed E-state index contributed by atoms with van der Waals surface area (Å²) in [6, 6.07) is 6.73. The molecule has 0 radical (unpaired) electrons. The van der Waals surface area contributed by atoms with E-state index in [9.17, 15) is 9.59 Å². The first-order chi connectivity index (χ1) is 11.7. The summed E-state index contributed by atoms with van der Waals surface area (Å²) in [6.07, 6.45) is 3.38. The number of Topliss-reactive ketones (excluding diaryl/α,β-unsaturated/α-hetero) is 1. The minimum Gasteiger partial charge on any atom is -0.482 e. The van der Waals surface area contributed by atoms with E-state index in [-0.39, 0.29) is 24.1 Å². The van der Waals surface area contributed by atoms with Crippen LogP contribution in [0.4, 0.5) is 5.69 Å². The molecule has 1 amide bonds. The van der Waals surface area contributed by atoms with Crippen molar-refractivity contribution in [3.8, 4) is 5.75 Å². The summed E-state index contributed by atoms with van der Waals surface area (Å²) in [6.45, 7) is -0.0102. The van der Waals surface area contributed by atoms with Crippen LogP contribution in [0.15, 0.2) is 41.8 Å². The van der Waals surface area contributed by atoms with Gasteiger partial charge in [0.25, 0.3) is 11.7 Å². The van der Waals surface area contributed by atoms with Crippen LogP contribution < -0.4 is 10.1 Å². The molecule has 2 aromatic heterocycles. The Labute approximate surface area is 140 Å². The van der Waals surface area contributed by atoms with E-state index in [1.54, 1.807) is 41.2 Å². The van der Waals surface area contributed by atoms with Gasteiger partial charge in [-0.3, -0.25) is 9.59 Å². The lowest BCUT2D eigenvalue weighted by atomic mass is 10.1. The molecule has 1 aliphatic heterocycles. The summed E-state index contributed by atoms with van der Waals surface area (Å²) in [5.74, 6) is 0.912. The van der Waals surface area contributed by atoms with Gasteiger partial charge in [0, 0.05) is 18.0 Å². The Morgan fingerprint density at radius 2 is 2.33 bits per heavy atom. The Kier molecular flexibility index (Phi) is 3.62. The molecule has 0 atom stereocenters. The minimum atomic E-state index is -0.233. The van der Waals surface area contributed by atoms with Crippen LogP contribution >= 0.6 is 11.8 Å². The average molecular weight is 341 g/mol. The highest BCUT2D eigenvalue weighted by Crippen LogP contribution is 2.29. The molecule has 9 heteroatoms. The van der Waals surface area contributed by atoms with Gasteiger partial charge in [-0.25, -0.2) is 9.50 Å². The third-order valence-electron chi connectivity index (χ3n) is 3.36. The number of carbonyl (C=O) groups is 2. The van der Waals surface area contributed by atoms with Gasteiger partial charge in [0.05, 0.1) is 11.4 Å². The molecule has 8 nitrogen and oxygen atoms in total. The normalized spacial score (nSPS) is 13.2. The molecular formula is C15H11N5O3S. The zero-order valence-corrected chi connectivity index (χ0v) is 13.1. The van der Waals surface area contributed by atoms with Gasteiger partial charge in [0.1, 0.15) is 5.75 Å². The zero-order valence-electron chi connectivity index (χ0n) is 12.3. The first-order valence-electron chi connectivity index (χ1n) is 7.09. The van der Waals surface area contributed by atoms with Crippen LogP contribution in [0.5, 0.6) is 5.75 Å². The van der Waals surface area contributed by atoms with Crippen LogP contribution in [-0.2, 0) is 4.79 Å². The van der Waals surface area contributed by atoms with Crippen molar-refractivity contribution in [3.05, 3.63) is 42.2 Å². The average Bonchev–Trinajstić information content (AvgIpc) is 3.02. The molecule has 0 saturated carbocycles. The Morgan fingerprint density at radius 1 is 1.42 bits per heavy atom. The highest BCUT2D eigenvalue weighted by Gasteiger charge is 2.18. The summed E-state index contributed by atoms with van der Waals surface area (Å²) in [4.78, 5) is 32.0. The predicted octanol–water partition coefficient (Wildman–Crippen LogP) is 1.43. The molecule has 0 spiro atoms. The highest BCUT2D eigenvalue weighted by molar-refractivity contribution is 7.99. The molecule has 4 rings (SSSR count). The maximum absolute atomic E-state index is 12.3. The number of hydrogen-bond acceptors (Lipinski definition) is 7. The second-order valence-corrected chi connectivity index (χ2v) is 5.96. The van der Waals surface area contributed by atoms with Gasteiger partial charge in [-0.2, -0.15) is 4.98 Å². The van der Waals surface area contributed by atoms with E-state index in [1.165, 1.54) is 11.8 Å². The largest absolute Gasteiger partial charge is 0.482 e. The molecule has 3 aromatic rings. The number of rotatable bonds is 4. The second-order valence-electron chi connectivity index (χ2n) is 5.02. The molecule has 0 bridgehead atoms. The molecule has 1 aliphatic rings. The Balaban J connectivity index is 1.48. The number of carbonyl (C=O) groups excluding carboxylic acids is 2. The van der Waals surface area contributed by atoms with E-state index in [4.69, 9.17) is 4.74 Å². The number of fused-ring (bicyclic) bond motifs is 2. The van der Waals surface area contributed by atoms with Crippen LogP contribution in [0, 0.1) is 0 Å². The lowest BCUT2D eigenvalue weighted by Gasteiger charge is -2.18. The Bertz CT molecular complexity index is 922. The highest BCUT2D eigenvalue weighted by atomic mass is 32.2. The standard InChI is InChI=1S/C15H11N5O3S/c21-11(8-24-15-18-14-16-4-1-5-20(14)19-15)9-2-3-12-10(6-9)17-13(22)7-23-12/h1-6H,7-8H2,(H,17,22). The van der Waals surface area contributed by atoms with Gasteiger partial charge in [-0.05, 0) is 24.3 Å². The van der Waals surface area contributed by atoms with E-state index < -0.39 is 0 Å². The molecule has 0 saturated heterocycles. The van der Waals surface area contributed by atoms with Gasteiger partial charge in [0.2, 0.25) is 5.16 Å². The van der Waals surface area contributed by atoms with Crippen molar-refractivity contribution in [2.45, 2.75) is 5.16 Å². The molecule has 0 unspecified atom stereocenters. The first-order valence-corrected chi connectivity index (χ1v) is 8.08. The third kappa shape index (κ3) is 2.81. The van der Waals surface area contributed by atoms with E-state index in [1.807, 2.05) is 0 Å². The summed E-state index contributed by atoms with van der Waals surface area (Å²) >= 11 is 1.24. The fourth-order valence-electron chi connectivity index (χ4n) is 2.24. The fourth-order valence-corrected chi connectivity index (χ4v) is 2.96. The number of amides is 1. The molecule has 3 heterocycles. The van der Waals surface area contributed by atoms with Crippen molar-refractivity contribution in [2.24, 2.45) is 0 Å². The monoisotopic (exact) mass is 341 g/mol. The summed E-state index contributed by atoms with van der Waals surface area (Å²) in [5.41, 5.74) is 1.01. The van der Waals surface area contributed by atoms with Crippen molar-refractivity contribution >= 4 is 34.9 Å². The zero-order chi connectivity index (χ0) is 16.5. The molecule has 1 aromatic carbocycles. The first kappa shape index (κ1) is 14.6. The van der Waals surface area contributed by atoms with Gasteiger partial charge >= 0.3 is 0 Å². The minimum absolute atomic E-state index is 0.0102. The van der Waals surface area contributed by atoms with E-state index >= 15 is 0 Å². The molecule has 1 N–H and O–H groups in total. The van der Waals surface area contributed by atoms with Crippen LogP contribution in [0.25, 0.3) is 5.78 Å². The number of aromatic nitrogens is 4. The van der Waals surface area contributed by atoms with Gasteiger partial charge in [-0.1, -0.05) is 11.8 Å². The third-order valence-corrected chi connectivity index (χ3v) is 4.20. The number of benzene rings is 1. The number of nitrogens with one attached hydrogen (secondary N) is 1. The van der Waals surface area contributed by atoms with E-state index in [2.05, 4.69) is 20.4 Å². The molecule has 24 heavy (non-hydrogen) atoms. The van der Waals surface area contributed by atoms with Crippen LogP contribution in [-0.4, -0.2) is 43.6 Å². The number of ketones is 1. The number of hydrogen-bond donors (Lipinski definition) is 1. The van der Waals surface area contributed by atoms with Gasteiger partial charge in [0.15, 0.2) is 12.4 Å². The maximum atomic E-state index is 12.3. The summed E-state index contributed by atoms with van der Waals surface area (Å²) in [5, 5.41) is 7.41. The lowest BCUT2D eigenvalue weighted by molar-refractivity contribution is -0.118. The Morgan fingerprint density at radius 3 is 3.21 bits per heavy atom. The van der Waals surface area contributed by atoms with Gasteiger partial charge < -0.3 is 10.1 Å². The number of ether oxygens (including phenoxy) is 1. The Hall–Kier alpha value is -2.94. The van der Waals surface area contributed by atoms with Gasteiger partial charge in [-0.15, -0.1) is 5.10 Å². The summed E-state index contributed by atoms with van der Waals surface area (Å²) in [7, 11) is 0. The fraction of sp³-hybridized carbons (Fsp3) is 0.133. The second kappa shape index (κ2) is 5.93. The topological polar surface area (TPSA) is 98.5 Å². The van der Waals surface area contributed by atoms with Crippen molar-refractivity contribution in [3.63, 3.8) is 0 Å². The predicted molar refractivity (Wildman–Crippen MR) is 86.4 cm³/mol. The summed E-state index contributed by atoms with van der Waals surface area (Å²) < 4.78 is 6.83. The van der Waals surface area contributed by atoms with Crippen LogP contribution in [0.3, 0.4) is 0 Å². The number of thioether (sulfide) groups is 1. The van der Waals surface area contributed by atoms with E-state index in [0.717, 1.165) is 0 Å². The number of nitrogens with zero attached hydrogens (tertiary/aromatic N) is 4. The van der Waals surface area contributed by atoms with Crippen molar-refractivity contribution < 1.29 is 14.3 Å². The molecule has 0 fully saturated rings. The van der Waals surface area contributed by atoms with Crippen LogP contribution in [0.1, 0.15) is 10.4 Å². The molecular weight excluding hydrogens is 330 g/mol.